The van der Waals surface area contributed by atoms with Crippen molar-refractivity contribution in [1.82, 2.24) is 9.88 Å². The molecule has 1 aromatic heterocycles. The first-order valence-electron chi connectivity index (χ1n) is 7.68. The Hall–Kier alpha value is -2.29. The normalized spacial score (nSPS) is 11.4. The van der Waals surface area contributed by atoms with Crippen LogP contribution >= 0.6 is 23.2 Å². The molecule has 0 saturated heterocycles. The van der Waals surface area contributed by atoms with Crippen molar-refractivity contribution in [3.8, 4) is 11.8 Å². The summed E-state index contributed by atoms with van der Waals surface area (Å²) in [5.74, 6) is 0.103. The molecule has 2 aromatic rings. The summed E-state index contributed by atoms with van der Waals surface area (Å²) in [4.78, 5) is 18.4. The highest BCUT2D eigenvalue weighted by molar-refractivity contribution is 6.42. The zero-order valence-electron chi connectivity index (χ0n) is 13.7. The molecule has 7 heteroatoms. The second kappa shape index (κ2) is 9.26. The molecule has 5 nitrogen and oxygen atoms in total. The number of hydrogen-bond acceptors (Lipinski definition) is 4. The van der Waals surface area contributed by atoms with Gasteiger partial charge in [0.05, 0.1) is 17.5 Å². The number of amides is 1. The molecule has 0 N–H and O–H groups in total. The molecule has 0 fully saturated rings. The van der Waals surface area contributed by atoms with E-state index in [9.17, 15) is 4.79 Å². The maximum atomic E-state index is 12.7. The smallest absolute Gasteiger partial charge is 0.263 e. The largest absolute Gasteiger partial charge is 0.479 e. The first kappa shape index (κ1) is 19.0. The minimum Gasteiger partial charge on any atom is -0.479 e. The van der Waals surface area contributed by atoms with Crippen LogP contribution in [0.3, 0.4) is 0 Å². The van der Waals surface area contributed by atoms with Crippen molar-refractivity contribution in [3.63, 3.8) is 0 Å². The average molecular weight is 378 g/mol. The first-order valence-corrected chi connectivity index (χ1v) is 8.44. The van der Waals surface area contributed by atoms with Crippen molar-refractivity contribution in [2.45, 2.75) is 26.0 Å². The van der Waals surface area contributed by atoms with E-state index in [1.807, 2.05) is 6.07 Å². The van der Waals surface area contributed by atoms with E-state index >= 15 is 0 Å². The van der Waals surface area contributed by atoms with E-state index in [2.05, 4.69) is 11.1 Å². The summed E-state index contributed by atoms with van der Waals surface area (Å²) >= 11 is 12.1. The van der Waals surface area contributed by atoms with Gasteiger partial charge in [0.1, 0.15) is 10.8 Å². The third-order valence-electron chi connectivity index (χ3n) is 3.47. The molecule has 0 spiro atoms. The van der Waals surface area contributed by atoms with Gasteiger partial charge in [-0.15, -0.1) is 0 Å². The van der Waals surface area contributed by atoms with Crippen molar-refractivity contribution >= 4 is 29.1 Å². The van der Waals surface area contributed by atoms with Crippen LogP contribution in [0.25, 0.3) is 0 Å². The van der Waals surface area contributed by atoms with E-state index in [0.29, 0.717) is 23.9 Å². The van der Waals surface area contributed by atoms with Crippen LogP contribution in [-0.2, 0) is 11.3 Å². The maximum absolute atomic E-state index is 12.7. The number of nitriles is 1. The van der Waals surface area contributed by atoms with E-state index in [0.717, 1.165) is 5.56 Å². The highest BCUT2D eigenvalue weighted by Crippen LogP contribution is 2.32. The second-order valence-corrected chi connectivity index (χ2v) is 6.13. The Kier molecular flexibility index (Phi) is 7.05. The van der Waals surface area contributed by atoms with Crippen molar-refractivity contribution < 1.29 is 9.53 Å². The fourth-order valence-corrected chi connectivity index (χ4v) is 2.57. The van der Waals surface area contributed by atoms with E-state index in [4.69, 9.17) is 33.2 Å². The number of benzene rings is 1. The predicted octanol–water partition coefficient (Wildman–Crippen LogP) is 4.10. The molecule has 0 saturated carbocycles. The van der Waals surface area contributed by atoms with E-state index in [1.54, 1.807) is 48.5 Å². The summed E-state index contributed by atoms with van der Waals surface area (Å²) in [6.45, 7) is 2.30. The number of nitrogens with zero attached hydrogens (tertiary/aromatic N) is 3. The molecule has 0 aliphatic carbocycles. The molecular formula is C18H17Cl2N3O2. The summed E-state index contributed by atoms with van der Waals surface area (Å²) < 4.78 is 5.68. The molecule has 1 unspecified atom stereocenters. The molecular weight excluding hydrogens is 361 g/mol. The Labute approximate surface area is 156 Å². The lowest BCUT2D eigenvalue weighted by Gasteiger charge is -2.25. The summed E-state index contributed by atoms with van der Waals surface area (Å²) in [6.07, 6.45) is 2.81. The predicted molar refractivity (Wildman–Crippen MR) is 96.4 cm³/mol. The fraction of sp³-hybridized carbons (Fsp3) is 0.278. The molecule has 0 aliphatic heterocycles. The fourth-order valence-electron chi connectivity index (χ4n) is 2.24. The van der Waals surface area contributed by atoms with E-state index < -0.39 is 6.10 Å². The third kappa shape index (κ3) is 5.35. The summed E-state index contributed by atoms with van der Waals surface area (Å²) in [6, 6.07) is 10.7. The van der Waals surface area contributed by atoms with Crippen LogP contribution < -0.4 is 4.74 Å². The molecule has 25 heavy (non-hydrogen) atoms. The van der Waals surface area contributed by atoms with Gasteiger partial charge in [0.25, 0.3) is 5.91 Å². The summed E-state index contributed by atoms with van der Waals surface area (Å²) in [5, 5.41) is 9.46. The molecule has 0 bridgehead atoms. The Morgan fingerprint density at radius 1 is 1.36 bits per heavy atom. The first-order chi connectivity index (χ1) is 12.0. The van der Waals surface area contributed by atoms with Crippen molar-refractivity contribution in [1.29, 1.82) is 5.26 Å². The van der Waals surface area contributed by atoms with E-state index in [-0.39, 0.29) is 17.4 Å². The molecule has 1 heterocycles. The molecule has 1 amide bonds. The van der Waals surface area contributed by atoms with Crippen LogP contribution in [0.4, 0.5) is 0 Å². The Morgan fingerprint density at radius 3 is 2.84 bits per heavy atom. The standard InChI is InChI=1S/C18H17Cl2N3O2/c1-13(25-16-7-2-6-15(19)17(16)20)18(24)23(10-4-8-21)12-14-5-3-9-22-11-14/h2-3,5-7,9,11,13H,4,10,12H2,1H3. The Morgan fingerprint density at radius 2 is 2.16 bits per heavy atom. The maximum Gasteiger partial charge on any atom is 0.263 e. The van der Waals surface area contributed by atoms with Crippen molar-refractivity contribution in [2.75, 3.05) is 6.54 Å². The van der Waals surface area contributed by atoms with Crippen LogP contribution in [0.5, 0.6) is 5.75 Å². The van der Waals surface area contributed by atoms with E-state index in [1.165, 1.54) is 0 Å². The molecule has 1 atom stereocenters. The third-order valence-corrected chi connectivity index (χ3v) is 4.27. The SMILES string of the molecule is CC(Oc1cccc(Cl)c1Cl)C(=O)N(CCC#N)Cc1cccnc1. The molecule has 130 valence electrons. The van der Waals surface area contributed by atoms with Crippen LogP contribution in [0, 0.1) is 11.3 Å². The summed E-state index contributed by atoms with van der Waals surface area (Å²) in [5.41, 5.74) is 0.877. The van der Waals surface area contributed by atoms with Gasteiger partial charge in [-0.25, -0.2) is 0 Å². The minimum absolute atomic E-state index is 0.233. The van der Waals surface area contributed by atoms with Crippen molar-refractivity contribution in [2.24, 2.45) is 0 Å². The molecule has 0 aliphatic rings. The lowest BCUT2D eigenvalue weighted by Crippen LogP contribution is -2.40. The topological polar surface area (TPSA) is 66.2 Å². The van der Waals surface area contributed by atoms with Gasteiger partial charge in [0.2, 0.25) is 0 Å². The van der Waals surface area contributed by atoms with Gasteiger partial charge in [-0.3, -0.25) is 9.78 Å². The number of rotatable bonds is 7. The number of ether oxygens (including phenoxy) is 1. The average Bonchev–Trinajstić information content (AvgIpc) is 2.62. The number of pyridine rings is 1. The summed E-state index contributed by atoms with van der Waals surface area (Å²) in [7, 11) is 0. The lowest BCUT2D eigenvalue weighted by atomic mass is 10.2. The monoisotopic (exact) mass is 377 g/mol. The highest BCUT2D eigenvalue weighted by atomic mass is 35.5. The van der Waals surface area contributed by atoms with Gasteiger partial charge in [0.15, 0.2) is 6.10 Å². The van der Waals surface area contributed by atoms with Gasteiger partial charge >= 0.3 is 0 Å². The number of aromatic nitrogens is 1. The van der Waals surface area contributed by atoms with Crippen LogP contribution in [0.15, 0.2) is 42.7 Å². The minimum atomic E-state index is -0.772. The number of carbonyl (C=O) groups excluding carboxylic acids is 1. The van der Waals surface area contributed by atoms with Crippen LogP contribution in [-0.4, -0.2) is 28.4 Å². The van der Waals surface area contributed by atoms with Crippen LogP contribution in [0.2, 0.25) is 10.0 Å². The number of halogens is 2. The molecule has 0 radical (unpaired) electrons. The number of hydrogen-bond donors (Lipinski definition) is 0. The number of carbonyl (C=O) groups is 1. The Bertz CT molecular complexity index is 763. The Balaban J connectivity index is 2.11. The molecule has 2 rings (SSSR count). The van der Waals surface area contributed by atoms with Gasteiger partial charge in [-0.1, -0.05) is 35.3 Å². The second-order valence-electron chi connectivity index (χ2n) is 5.34. The zero-order chi connectivity index (χ0) is 18.2. The van der Waals surface area contributed by atoms with Gasteiger partial charge < -0.3 is 9.64 Å². The highest BCUT2D eigenvalue weighted by Gasteiger charge is 2.23. The van der Waals surface area contributed by atoms with Gasteiger partial charge in [-0.2, -0.15) is 5.26 Å². The molecule has 1 aromatic carbocycles. The van der Waals surface area contributed by atoms with Crippen LogP contribution in [0.1, 0.15) is 18.9 Å². The quantitative estimate of drug-likeness (QED) is 0.728. The van der Waals surface area contributed by atoms with Gasteiger partial charge in [0, 0.05) is 25.5 Å². The van der Waals surface area contributed by atoms with Gasteiger partial charge in [-0.05, 0) is 30.7 Å². The van der Waals surface area contributed by atoms with Crippen molar-refractivity contribution in [3.05, 3.63) is 58.3 Å². The lowest BCUT2D eigenvalue weighted by molar-refractivity contribution is -0.138. The zero-order valence-corrected chi connectivity index (χ0v) is 15.2.